The van der Waals surface area contributed by atoms with Crippen LogP contribution in [0.5, 0.6) is 0 Å². The summed E-state index contributed by atoms with van der Waals surface area (Å²) in [6, 6.07) is 4.70. The third-order valence-corrected chi connectivity index (χ3v) is 3.40. The largest absolute Gasteiger partial charge is 0.424 e. The van der Waals surface area contributed by atoms with Crippen molar-refractivity contribution in [2.75, 3.05) is 38.6 Å². The summed E-state index contributed by atoms with van der Waals surface area (Å²) in [6.07, 6.45) is 0.0769. The summed E-state index contributed by atoms with van der Waals surface area (Å²) < 4.78 is 11.1. The average molecular weight is 292 g/mol. The van der Waals surface area contributed by atoms with Gasteiger partial charge in [-0.25, -0.2) is 0 Å². The van der Waals surface area contributed by atoms with E-state index in [0.29, 0.717) is 30.3 Å². The number of aromatic nitrogens is 1. The van der Waals surface area contributed by atoms with Gasteiger partial charge in [0, 0.05) is 31.8 Å². The highest BCUT2D eigenvalue weighted by Gasteiger charge is 2.18. The topological polar surface area (TPSA) is 93.7 Å². The van der Waals surface area contributed by atoms with Crippen LogP contribution in [-0.4, -0.2) is 54.2 Å². The molecule has 1 atom stereocenters. The summed E-state index contributed by atoms with van der Waals surface area (Å²) in [5, 5.41) is 13.8. The number of nitro groups is 1. The lowest BCUT2D eigenvalue weighted by atomic mass is 10.3. The molecule has 1 aliphatic heterocycles. The Morgan fingerprint density at radius 1 is 1.57 bits per heavy atom. The fraction of sp³-hybridized carbons (Fsp3) is 0.462. The first-order chi connectivity index (χ1) is 10.1. The number of nitrogens with one attached hydrogen (secondary N) is 1. The van der Waals surface area contributed by atoms with E-state index in [1.807, 2.05) is 7.05 Å². The quantitative estimate of drug-likeness (QED) is 0.673. The van der Waals surface area contributed by atoms with E-state index in [1.54, 1.807) is 6.07 Å². The molecule has 1 saturated heterocycles. The zero-order valence-corrected chi connectivity index (χ0v) is 11.6. The number of fused-ring (bicyclic) bond motifs is 1. The summed E-state index contributed by atoms with van der Waals surface area (Å²) in [4.78, 5) is 16.7. The first kappa shape index (κ1) is 13.8. The molecule has 0 bridgehead atoms. The van der Waals surface area contributed by atoms with Gasteiger partial charge in [-0.15, -0.1) is 0 Å². The van der Waals surface area contributed by atoms with Gasteiger partial charge in [-0.2, -0.15) is 4.98 Å². The fourth-order valence-corrected chi connectivity index (χ4v) is 2.30. The maximum absolute atomic E-state index is 10.7. The second-order valence-electron chi connectivity index (χ2n) is 5.06. The van der Waals surface area contributed by atoms with Gasteiger partial charge in [0.2, 0.25) is 0 Å². The molecule has 0 spiro atoms. The van der Waals surface area contributed by atoms with Crippen molar-refractivity contribution in [3.63, 3.8) is 0 Å². The van der Waals surface area contributed by atoms with Crippen LogP contribution in [0.25, 0.3) is 11.1 Å². The smallest absolute Gasteiger partial charge is 0.295 e. The second-order valence-corrected chi connectivity index (χ2v) is 5.06. The van der Waals surface area contributed by atoms with Gasteiger partial charge >= 0.3 is 0 Å². The third kappa shape index (κ3) is 3.11. The Kier molecular flexibility index (Phi) is 3.72. The standard InChI is InChI=1S/C13H16N4O4/c1-16-4-5-20-10(8-16)7-14-13-15-11-6-9(17(18)19)2-3-12(11)21-13/h2-3,6,10H,4-5,7-8H2,1H3,(H,14,15). The van der Waals surface area contributed by atoms with Crippen LogP contribution in [-0.2, 0) is 4.74 Å². The summed E-state index contributed by atoms with van der Waals surface area (Å²) in [5.41, 5.74) is 0.984. The number of non-ortho nitro benzene ring substituents is 1. The third-order valence-electron chi connectivity index (χ3n) is 3.40. The molecular formula is C13H16N4O4. The number of oxazole rings is 1. The van der Waals surface area contributed by atoms with Crippen molar-refractivity contribution in [3.05, 3.63) is 28.3 Å². The number of hydrogen-bond acceptors (Lipinski definition) is 7. The van der Waals surface area contributed by atoms with Crippen molar-refractivity contribution < 1.29 is 14.1 Å². The van der Waals surface area contributed by atoms with Gasteiger partial charge in [-0.05, 0) is 13.1 Å². The number of nitrogens with zero attached hydrogens (tertiary/aromatic N) is 3. The van der Waals surface area contributed by atoms with Gasteiger partial charge < -0.3 is 19.4 Å². The molecular weight excluding hydrogens is 276 g/mol. The van der Waals surface area contributed by atoms with Crippen molar-refractivity contribution in [1.82, 2.24) is 9.88 Å². The minimum absolute atomic E-state index is 0.000381. The zero-order chi connectivity index (χ0) is 14.8. The molecule has 1 fully saturated rings. The molecule has 0 amide bonds. The first-order valence-corrected chi connectivity index (χ1v) is 6.71. The molecule has 0 saturated carbocycles. The average Bonchev–Trinajstić information content (AvgIpc) is 2.87. The maximum atomic E-state index is 10.7. The van der Waals surface area contributed by atoms with Gasteiger partial charge in [0.1, 0.15) is 5.52 Å². The van der Waals surface area contributed by atoms with E-state index in [0.717, 1.165) is 13.1 Å². The van der Waals surface area contributed by atoms with Crippen molar-refractivity contribution in [3.8, 4) is 0 Å². The normalized spacial score (nSPS) is 19.8. The van der Waals surface area contributed by atoms with Crippen LogP contribution < -0.4 is 5.32 Å². The van der Waals surface area contributed by atoms with Gasteiger partial charge in [0.15, 0.2) is 5.58 Å². The van der Waals surface area contributed by atoms with Gasteiger partial charge in [-0.3, -0.25) is 10.1 Å². The molecule has 3 rings (SSSR count). The van der Waals surface area contributed by atoms with E-state index in [1.165, 1.54) is 12.1 Å². The van der Waals surface area contributed by atoms with Crippen LogP contribution in [0.3, 0.4) is 0 Å². The molecule has 8 nitrogen and oxygen atoms in total. The lowest BCUT2D eigenvalue weighted by Gasteiger charge is -2.29. The summed E-state index contributed by atoms with van der Waals surface area (Å²) in [5.74, 6) is 0. The van der Waals surface area contributed by atoms with Crippen LogP contribution in [0, 0.1) is 10.1 Å². The number of benzene rings is 1. The molecule has 1 aliphatic rings. The highest BCUT2D eigenvalue weighted by Crippen LogP contribution is 2.23. The fourth-order valence-electron chi connectivity index (χ4n) is 2.30. The van der Waals surface area contributed by atoms with Crippen LogP contribution >= 0.6 is 0 Å². The highest BCUT2D eigenvalue weighted by atomic mass is 16.6. The second kappa shape index (κ2) is 5.66. The number of morpholine rings is 1. The van der Waals surface area contributed by atoms with E-state index < -0.39 is 4.92 Å². The zero-order valence-electron chi connectivity index (χ0n) is 11.6. The summed E-state index contributed by atoms with van der Waals surface area (Å²) >= 11 is 0. The highest BCUT2D eigenvalue weighted by molar-refractivity contribution is 5.77. The Morgan fingerprint density at radius 2 is 2.43 bits per heavy atom. The Bertz CT molecular complexity index is 657. The van der Waals surface area contributed by atoms with E-state index in [-0.39, 0.29) is 11.8 Å². The van der Waals surface area contributed by atoms with Crippen LogP contribution in [0.1, 0.15) is 0 Å². The van der Waals surface area contributed by atoms with Gasteiger partial charge in [0.25, 0.3) is 11.7 Å². The Hall–Kier alpha value is -2.19. The van der Waals surface area contributed by atoms with Crippen LogP contribution in [0.4, 0.5) is 11.7 Å². The predicted octanol–water partition coefficient (Wildman–Crippen LogP) is 1.48. The minimum Gasteiger partial charge on any atom is -0.424 e. The number of rotatable bonds is 4. The molecule has 1 N–H and O–H groups in total. The predicted molar refractivity (Wildman–Crippen MR) is 76.4 cm³/mol. The van der Waals surface area contributed by atoms with E-state index in [2.05, 4.69) is 15.2 Å². The monoisotopic (exact) mass is 292 g/mol. The molecule has 1 aromatic heterocycles. The summed E-state index contributed by atoms with van der Waals surface area (Å²) in [7, 11) is 2.05. The van der Waals surface area contributed by atoms with Crippen LogP contribution in [0.2, 0.25) is 0 Å². The molecule has 112 valence electrons. The van der Waals surface area contributed by atoms with Gasteiger partial charge in [-0.1, -0.05) is 0 Å². The lowest BCUT2D eigenvalue weighted by Crippen LogP contribution is -2.43. The molecule has 2 aromatic rings. The molecule has 2 heterocycles. The SMILES string of the molecule is CN1CCOC(CNc2nc3cc([N+](=O)[O-])ccc3o2)C1. The Labute approximate surface area is 120 Å². The molecule has 1 aromatic carbocycles. The van der Waals surface area contributed by atoms with E-state index >= 15 is 0 Å². The van der Waals surface area contributed by atoms with Crippen LogP contribution in [0.15, 0.2) is 22.6 Å². The number of anilines is 1. The first-order valence-electron chi connectivity index (χ1n) is 6.71. The van der Waals surface area contributed by atoms with Crippen molar-refractivity contribution in [2.24, 2.45) is 0 Å². The number of likely N-dealkylation sites (N-methyl/N-ethyl adjacent to an activating group) is 1. The number of hydrogen-bond donors (Lipinski definition) is 1. The maximum Gasteiger partial charge on any atom is 0.295 e. The molecule has 8 heteroatoms. The minimum atomic E-state index is -0.451. The molecule has 21 heavy (non-hydrogen) atoms. The Balaban J connectivity index is 1.68. The number of nitro benzene ring substituents is 1. The molecule has 1 unspecified atom stereocenters. The van der Waals surface area contributed by atoms with Crippen molar-refractivity contribution >= 4 is 22.8 Å². The van der Waals surface area contributed by atoms with Gasteiger partial charge in [0.05, 0.1) is 17.6 Å². The molecule has 0 aliphatic carbocycles. The Morgan fingerprint density at radius 3 is 3.19 bits per heavy atom. The molecule has 0 radical (unpaired) electrons. The summed E-state index contributed by atoms with van der Waals surface area (Å²) in [6.45, 7) is 3.07. The lowest BCUT2D eigenvalue weighted by molar-refractivity contribution is -0.384. The number of ether oxygens (including phenoxy) is 1. The van der Waals surface area contributed by atoms with Crippen molar-refractivity contribution in [1.29, 1.82) is 0 Å². The van der Waals surface area contributed by atoms with E-state index in [9.17, 15) is 10.1 Å². The van der Waals surface area contributed by atoms with Crippen molar-refractivity contribution in [2.45, 2.75) is 6.10 Å². The van der Waals surface area contributed by atoms with E-state index in [4.69, 9.17) is 9.15 Å².